The lowest BCUT2D eigenvalue weighted by Gasteiger charge is -2.36. The summed E-state index contributed by atoms with van der Waals surface area (Å²) in [6.45, 7) is 22.7. The Bertz CT molecular complexity index is 1400. The Kier molecular flexibility index (Phi) is 9.19. The lowest BCUT2D eigenvalue weighted by molar-refractivity contribution is 0.0909. The maximum absolute atomic E-state index is 6.47. The van der Waals surface area contributed by atoms with Gasteiger partial charge in [-0.15, -0.1) is 0 Å². The minimum Gasteiger partial charge on any atom is -0.413 e. The number of ether oxygens (including phenoxy) is 1. The Morgan fingerprint density at radius 1 is 0.900 bits per heavy atom. The Hall–Kier alpha value is -2.59. The normalized spacial score (nSPS) is 13.6. The second-order valence-electron chi connectivity index (χ2n) is 13.7. The molecule has 0 saturated heterocycles. The number of nitrogens with zero attached hydrogens (tertiary/aromatic N) is 3. The van der Waals surface area contributed by atoms with Crippen LogP contribution in [0.15, 0.2) is 67.0 Å². The number of fused-ring (bicyclic) bond motifs is 1. The SMILES string of the molecule is CC(c1ccccc1)c1ncnc2c1cc(-c1ccc(CO[Si](C)(C)C(C)(C)C)cc1)n2COCC[Si](C)(C)C. The van der Waals surface area contributed by atoms with E-state index < -0.39 is 16.4 Å². The van der Waals surface area contributed by atoms with Gasteiger partial charge in [-0.25, -0.2) is 9.97 Å². The maximum Gasteiger partial charge on any atom is 0.192 e. The second-order valence-corrected chi connectivity index (χ2v) is 24.1. The van der Waals surface area contributed by atoms with Crippen molar-refractivity contribution in [1.82, 2.24) is 14.5 Å². The van der Waals surface area contributed by atoms with Gasteiger partial charge in [0.25, 0.3) is 0 Å². The number of hydrogen-bond acceptors (Lipinski definition) is 4. The topological polar surface area (TPSA) is 49.2 Å². The molecule has 0 aliphatic rings. The lowest BCUT2D eigenvalue weighted by atomic mass is 9.96. The van der Waals surface area contributed by atoms with Gasteiger partial charge in [-0.1, -0.05) is 102 Å². The average Bonchev–Trinajstić information content (AvgIpc) is 3.28. The third-order valence-electron chi connectivity index (χ3n) is 8.30. The van der Waals surface area contributed by atoms with Crippen LogP contribution in [-0.2, 0) is 22.5 Å². The highest BCUT2D eigenvalue weighted by atomic mass is 28.4. The van der Waals surface area contributed by atoms with Crippen LogP contribution in [0.5, 0.6) is 0 Å². The first kappa shape index (κ1) is 30.4. The molecule has 0 aliphatic heterocycles. The van der Waals surface area contributed by atoms with Crippen molar-refractivity contribution in [3.63, 3.8) is 0 Å². The molecule has 214 valence electrons. The van der Waals surface area contributed by atoms with Crippen molar-refractivity contribution in [1.29, 1.82) is 0 Å². The Balaban J connectivity index is 1.68. The van der Waals surface area contributed by atoms with Crippen molar-refractivity contribution < 1.29 is 9.16 Å². The highest BCUT2D eigenvalue weighted by molar-refractivity contribution is 6.76. The van der Waals surface area contributed by atoms with Gasteiger partial charge < -0.3 is 13.7 Å². The summed E-state index contributed by atoms with van der Waals surface area (Å²) in [7, 11) is -2.99. The number of rotatable bonds is 11. The van der Waals surface area contributed by atoms with Crippen LogP contribution < -0.4 is 0 Å². The van der Waals surface area contributed by atoms with Crippen LogP contribution in [0.3, 0.4) is 0 Å². The fourth-order valence-corrected chi connectivity index (χ4v) is 6.20. The first-order valence-corrected chi connectivity index (χ1v) is 21.1. The van der Waals surface area contributed by atoms with Crippen LogP contribution in [-0.4, -0.2) is 37.5 Å². The van der Waals surface area contributed by atoms with Crippen LogP contribution in [0.2, 0.25) is 43.8 Å². The Labute approximate surface area is 243 Å². The molecule has 1 unspecified atom stereocenters. The van der Waals surface area contributed by atoms with Crippen molar-refractivity contribution in [3.05, 3.63) is 83.8 Å². The molecule has 0 aliphatic carbocycles. The quantitative estimate of drug-likeness (QED) is 0.133. The predicted molar refractivity (Wildman–Crippen MR) is 173 cm³/mol. The molecular formula is C33H47N3O2Si2. The zero-order valence-corrected chi connectivity index (χ0v) is 27.9. The molecule has 0 amide bonds. The van der Waals surface area contributed by atoms with E-state index in [0.29, 0.717) is 13.3 Å². The van der Waals surface area contributed by atoms with E-state index in [2.05, 4.69) is 126 Å². The number of benzene rings is 2. The van der Waals surface area contributed by atoms with Crippen molar-refractivity contribution in [3.8, 4) is 11.3 Å². The van der Waals surface area contributed by atoms with Crippen molar-refractivity contribution >= 4 is 27.4 Å². The Morgan fingerprint density at radius 3 is 2.20 bits per heavy atom. The molecule has 2 aromatic heterocycles. The smallest absolute Gasteiger partial charge is 0.192 e. The Morgan fingerprint density at radius 2 is 1.57 bits per heavy atom. The lowest BCUT2D eigenvalue weighted by Crippen LogP contribution is -2.40. The first-order valence-electron chi connectivity index (χ1n) is 14.5. The van der Waals surface area contributed by atoms with E-state index in [0.717, 1.165) is 40.6 Å². The van der Waals surface area contributed by atoms with Gasteiger partial charge in [0.15, 0.2) is 8.32 Å². The van der Waals surface area contributed by atoms with E-state index in [-0.39, 0.29) is 11.0 Å². The van der Waals surface area contributed by atoms with Gasteiger partial charge >= 0.3 is 0 Å². The zero-order chi connectivity index (χ0) is 29.1. The molecule has 4 rings (SSSR count). The van der Waals surface area contributed by atoms with E-state index in [1.165, 1.54) is 11.1 Å². The molecular weight excluding hydrogens is 527 g/mol. The average molecular weight is 574 g/mol. The van der Waals surface area contributed by atoms with Crippen molar-refractivity contribution in [2.45, 2.75) is 90.8 Å². The molecule has 2 aromatic carbocycles. The van der Waals surface area contributed by atoms with Crippen LogP contribution in [0.4, 0.5) is 0 Å². The standard InChI is InChI=1S/C33H47N3O2Si2/c1-25(27-13-11-10-12-14-27)31-29-21-30(36(32(29)35-23-34-31)24-37-19-20-39(5,6)7)28-17-15-26(16-18-28)22-38-40(8,9)33(2,3)4/h10-18,21,23,25H,19-20,22,24H2,1-9H3. The fraction of sp³-hybridized carbons (Fsp3) is 0.455. The highest BCUT2D eigenvalue weighted by Crippen LogP contribution is 2.37. The van der Waals surface area contributed by atoms with Gasteiger partial charge in [0.2, 0.25) is 0 Å². The molecule has 7 heteroatoms. The van der Waals surface area contributed by atoms with Crippen LogP contribution in [0.25, 0.3) is 22.3 Å². The van der Waals surface area contributed by atoms with E-state index in [1.54, 1.807) is 6.33 Å². The molecule has 0 spiro atoms. The number of aromatic nitrogens is 3. The molecule has 0 radical (unpaired) electrons. The fourth-order valence-electron chi connectivity index (χ4n) is 4.48. The van der Waals surface area contributed by atoms with Gasteiger partial charge in [-0.3, -0.25) is 0 Å². The zero-order valence-electron chi connectivity index (χ0n) is 25.9. The molecule has 4 aromatic rings. The molecule has 0 N–H and O–H groups in total. The summed E-state index contributed by atoms with van der Waals surface area (Å²) in [5.41, 5.74) is 6.64. The molecule has 40 heavy (non-hydrogen) atoms. The van der Waals surface area contributed by atoms with Gasteiger partial charge in [0, 0.05) is 26.0 Å². The summed E-state index contributed by atoms with van der Waals surface area (Å²) >= 11 is 0. The second kappa shape index (κ2) is 12.1. The molecule has 0 saturated carbocycles. The van der Waals surface area contributed by atoms with Crippen LogP contribution in [0.1, 0.15) is 50.4 Å². The molecule has 2 heterocycles. The van der Waals surface area contributed by atoms with E-state index in [4.69, 9.17) is 19.1 Å². The summed E-state index contributed by atoms with van der Waals surface area (Å²) in [6, 6.07) is 22.7. The number of hydrogen-bond donors (Lipinski definition) is 0. The van der Waals surface area contributed by atoms with Gasteiger partial charge in [-0.2, -0.15) is 0 Å². The van der Waals surface area contributed by atoms with Gasteiger partial charge in [0.1, 0.15) is 18.7 Å². The predicted octanol–water partition coefficient (Wildman–Crippen LogP) is 9.08. The summed E-state index contributed by atoms with van der Waals surface area (Å²) in [5, 5.41) is 1.27. The molecule has 1 atom stereocenters. The maximum atomic E-state index is 6.47. The highest BCUT2D eigenvalue weighted by Gasteiger charge is 2.37. The van der Waals surface area contributed by atoms with Crippen LogP contribution >= 0.6 is 0 Å². The molecule has 5 nitrogen and oxygen atoms in total. The van der Waals surface area contributed by atoms with E-state index in [9.17, 15) is 0 Å². The summed E-state index contributed by atoms with van der Waals surface area (Å²) < 4.78 is 14.9. The minimum atomic E-state index is -1.81. The molecule has 0 fully saturated rings. The van der Waals surface area contributed by atoms with Crippen molar-refractivity contribution in [2.75, 3.05) is 6.61 Å². The monoisotopic (exact) mass is 573 g/mol. The minimum absolute atomic E-state index is 0.151. The van der Waals surface area contributed by atoms with Crippen molar-refractivity contribution in [2.24, 2.45) is 0 Å². The third-order valence-corrected chi connectivity index (χ3v) is 14.5. The van der Waals surface area contributed by atoms with Crippen LogP contribution in [0, 0.1) is 0 Å². The van der Waals surface area contributed by atoms with E-state index in [1.807, 2.05) is 0 Å². The van der Waals surface area contributed by atoms with Gasteiger partial charge in [-0.05, 0) is 46.9 Å². The van der Waals surface area contributed by atoms with E-state index >= 15 is 0 Å². The largest absolute Gasteiger partial charge is 0.413 e. The van der Waals surface area contributed by atoms with Gasteiger partial charge in [0.05, 0.1) is 18.0 Å². The third kappa shape index (κ3) is 7.18. The summed E-state index contributed by atoms with van der Waals surface area (Å²) in [5.74, 6) is 0.151. The summed E-state index contributed by atoms with van der Waals surface area (Å²) in [6.07, 6.45) is 1.70. The summed E-state index contributed by atoms with van der Waals surface area (Å²) in [4.78, 5) is 9.52. The molecule has 0 bridgehead atoms. The first-order chi connectivity index (χ1) is 18.8.